The molecule has 0 bridgehead atoms. The van der Waals surface area contributed by atoms with Crippen LogP contribution in [0.1, 0.15) is 10.4 Å². The van der Waals surface area contributed by atoms with Crippen LogP contribution >= 0.6 is 0 Å². The molecule has 1 N–H and O–H groups in total. The first-order valence-electron chi connectivity index (χ1n) is 5.35. The van der Waals surface area contributed by atoms with Gasteiger partial charge in [0.05, 0.1) is 6.20 Å². The lowest BCUT2D eigenvalue weighted by Crippen LogP contribution is -2.12. The molecule has 0 saturated carbocycles. The second-order valence-electron chi connectivity index (χ2n) is 3.62. The number of rotatable bonds is 2. The molecular weight excluding hydrogens is 230 g/mol. The minimum atomic E-state index is -0.276. The molecule has 0 spiro atoms. The molecule has 0 saturated heterocycles. The summed E-state index contributed by atoms with van der Waals surface area (Å²) in [5, 5.41) is 6.75. The molecule has 0 aliphatic heterocycles. The van der Waals surface area contributed by atoms with Crippen LogP contribution in [0.3, 0.4) is 0 Å². The van der Waals surface area contributed by atoms with Crippen molar-refractivity contribution in [1.29, 1.82) is 0 Å². The van der Waals surface area contributed by atoms with Crippen molar-refractivity contribution in [3.8, 4) is 0 Å². The zero-order valence-corrected chi connectivity index (χ0v) is 9.32. The van der Waals surface area contributed by atoms with Crippen LogP contribution in [0.2, 0.25) is 0 Å². The normalized spacial score (nSPS) is 10.4. The Morgan fingerprint density at radius 1 is 1.17 bits per heavy atom. The first kappa shape index (κ1) is 10.4. The number of amides is 1. The number of carbonyl (C=O) groups excluding carboxylic acids is 1. The van der Waals surface area contributed by atoms with Crippen molar-refractivity contribution in [2.45, 2.75) is 0 Å². The maximum absolute atomic E-state index is 12.0. The summed E-state index contributed by atoms with van der Waals surface area (Å²) in [5.74, 6) is 0.222. The summed E-state index contributed by atoms with van der Waals surface area (Å²) in [4.78, 5) is 20.2. The van der Waals surface area contributed by atoms with E-state index in [-0.39, 0.29) is 5.91 Å². The van der Waals surface area contributed by atoms with Gasteiger partial charge in [-0.3, -0.25) is 4.79 Å². The number of hydrogen-bond acceptors (Lipinski definition) is 4. The average Bonchev–Trinajstić information content (AvgIpc) is 2.84. The Kier molecular flexibility index (Phi) is 2.45. The predicted molar refractivity (Wildman–Crippen MR) is 65.2 cm³/mol. The molecule has 0 fully saturated rings. The fourth-order valence-electron chi connectivity index (χ4n) is 1.61. The lowest BCUT2D eigenvalue weighted by Gasteiger charge is -2.01. The number of pyridine rings is 1. The van der Waals surface area contributed by atoms with E-state index < -0.39 is 0 Å². The van der Waals surface area contributed by atoms with E-state index in [1.165, 1.54) is 6.20 Å². The van der Waals surface area contributed by atoms with Crippen molar-refractivity contribution in [2.75, 3.05) is 5.32 Å². The zero-order chi connectivity index (χ0) is 12.4. The van der Waals surface area contributed by atoms with Crippen LogP contribution in [0.25, 0.3) is 5.65 Å². The Labute approximate surface area is 102 Å². The number of aromatic nitrogens is 4. The van der Waals surface area contributed by atoms with E-state index in [4.69, 9.17) is 0 Å². The summed E-state index contributed by atoms with van der Waals surface area (Å²) in [6, 6.07) is 7.06. The smallest absolute Gasteiger partial charge is 0.262 e. The maximum atomic E-state index is 12.0. The third-order valence-electron chi connectivity index (χ3n) is 2.43. The minimum Gasteiger partial charge on any atom is -0.306 e. The molecule has 0 aromatic carbocycles. The van der Waals surface area contributed by atoms with E-state index in [2.05, 4.69) is 20.4 Å². The minimum absolute atomic E-state index is 0.276. The van der Waals surface area contributed by atoms with Crippen LogP contribution in [0.5, 0.6) is 0 Å². The van der Waals surface area contributed by atoms with E-state index >= 15 is 0 Å². The van der Waals surface area contributed by atoms with Crippen molar-refractivity contribution in [3.63, 3.8) is 0 Å². The van der Waals surface area contributed by atoms with Crippen LogP contribution < -0.4 is 5.32 Å². The Morgan fingerprint density at radius 2 is 2.06 bits per heavy atom. The molecule has 1 amide bonds. The Morgan fingerprint density at radius 3 is 2.89 bits per heavy atom. The van der Waals surface area contributed by atoms with Gasteiger partial charge in [-0.1, -0.05) is 6.07 Å². The van der Waals surface area contributed by atoms with Crippen LogP contribution in [-0.2, 0) is 0 Å². The van der Waals surface area contributed by atoms with Gasteiger partial charge in [0.2, 0.25) is 0 Å². The number of hydrogen-bond donors (Lipinski definition) is 1. The van der Waals surface area contributed by atoms with Gasteiger partial charge >= 0.3 is 0 Å². The van der Waals surface area contributed by atoms with Gasteiger partial charge in [-0.25, -0.2) is 14.5 Å². The van der Waals surface area contributed by atoms with Crippen molar-refractivity contribution >= 4 is 17.4 Å². The summed E-state index contributed by atoms with van der Waals surface area (Å²) in [6.07, 6.45) is 6.46. The molecule has 88 valence electrons. The zero-order valence-electron chi connectivity index (χ0n) is 9.32. The van der Waals surface area contributed by atoms with E-state index in [9.17, 15) is 4.79 Å². The standard InChI is InChI=1S/C12H9N5O/c18-12(16-10-4-1-2-5-13-10)9-8-15-17-7-3-6-14-11(9)17/h1-8H,(H,13,16,18). The van der Waals surface area contributed by atoms with E-state index in [1.807, 2.05) is 0 Å². The van der Waals surface area contributed by atoms with Gasteiger partial charge in [0.1, 0.15) is 11.4 Å². The van der Waals surface area contributed by atoms with Crippen LogP contribution in [-0.4, -0.2) is 25.5 Å². The molecule has 0 radical (unpaired) electrons. The topological polar surface area (TPSA) is 72.2 Å². The molecule has 18 heavy (non-hydrogen) atoms. The lowest BCUT2D eigenvalue weighted by atomic mass is 10.3. The third-order valence-corrected chi connectivity index (χ3v) is 2.43. The summed E-state index contributed by atoms with van der Waals surface area (Å²) in [6.45, 7) is 0. The largest absolute Gasteiger partial charge is 0.306 e. The van der Waals surface area contributed by atoms with E-state index in [1.54, 1.807) is 47.4 Å². The van der Waals surface area contributed by atoms with Crippen LogP contribution in [0, 0.1) is 0 Å². The summed E-state index contributed by atoms with van der Waals surface area (Å²) in [5.41, 5.74) is 0.937. The predicted octanol–water partition coefficient (Wildman–Crippen LogP) is 1.38. The summed E-state index contributed by atoms with van der Waals surface area (Å²) < 4.78 is 1.55. The van der Waals surface area contributed by atoms with E-state index in [0.717, 1.165) is 0 Å². The number of carbonyl (C=O) groups is 1. The fraction of sp³-hybridized carbons (Fsp3) is 0. The van der Waals surface area contributed by atoms with Crippen LogP contribution in [0.15, 0.2) is 49.1 Å². The maximum Gasteiger partial charge on any atom is 0.262 e. The molecule has 3 heterocycles. The van der Waals surface area contributed by atoms with Gasteiger partial charge in [0.15, 0.2) is 5.65 Å². The molecule has 3 aromatic heterocycles. The van der Waals surface area contributed by atoms with Gasteiger partial charge in [-0.15, -0.1) is 0 Å². The molecule has 6 heteroatoms. The van der Waals surface area contributed by atoms with Gasteiger partial charge in [0.25, 0.3) is 5.91 Å². The number of nitrogens with zero attached hydrogens (tertiary/aromatic N) is 4. The quantitative estimate of drug-likeness (QED) is 0.733. The first-order chi connectivity index (χ1) is 8.84. The van der Waals surface area contributed by atoms with Crippen molar-refractivity contribution in [2.24, 2.45) is 0 Å². The van der Waals surface area contributed by atoms with Gasteiger partial charge in [-0.2, -0.15) is 5.10 Å². The summed E-state index contributed by atoms with van der Waals surface area (Å²) in [7, 11) is 0. The Hall–Kier alpha value is -2.76. The molecule has 6 nitrogen and oxygen atoms in total. The lowest BCUT2D eigenvalue weighted by molar-refractivity contribution is 0.102. The highest BCUT2D eigenvalue weighted by Gasteiger charge is 2.13. The van der Waals surface area contributed by atoms with Crippen LogP contribution in [0.4, 0.5) is 5.82 Å². The number of nitrogens with one attached hydrogen (secondary N) is 1. The SMILES string of the molecule is O=C(Nc1ccccn1)c1cnn2cccnc12. The Bertz CT molecular complexity index is 692. The molecule has 3 rings (SSSR count). The second kappa shape index (κ2) is 4.25. The summed E-state index contributed by atoms with van der Waals surface area (Å²) >= 11 is 0. The molecule has 0 aliphatic rings. The van der Waals surface area contributed by atoms with Gasteiger partial charge in [-0.05, 0) is 18.2 Å². The average molecular weight is 239 g/mol. The third kappa shape index (κ3) is 1.80. The highest BCUT2D eigenvalue weighted by Crippen LogP contribution is 2.09. The molecule has 0 atom stereocenters. The fourth-order valence-corrected chi connectivity index (χ4v) is 1.61. The van der Waals surface area contributed by atoms with Crippen molar-refractivity contribution in [1.82, 2.24) is 19.6 Å². The highest BCUT2D eigenvalue weighted by molar-refractivity contribution is 6.07. The number of anilines is 1. The van der Waals surface area contributed by atoms with Crippen molar-refractivity contribution in [3.05, 3.63) is 54.6 Å². The highest BCUT2D eigenvalue weighted by atomic mass is 16.1. The molecule has 3 aromatic rings. The van der Waals surface area contributed by atoms with Crippen molar-refractivity contribution < 1.29 is 4.79 Å². The van der Waals surface area contributed by atoms with Gasteiger partial charge < -0.3 is 5.32 Å². The second-order valence-corrected chi connectivity index (χ2v) is 3.62. The first-order valence-corrected chi connectivity index (χ1v) is 5.35. The number of fused-ring (bicyclic) bond motifs is 1. The molecule has 0 unspecified atom stereocenters. The molecule has 0 aliphatic carbocycles. The van der Waals surface area contributed by atoms with E-state index in [0.29, 0.717) is 17.0 Å². The van der Waals surface area contributed by atoms with Gasteiger partial charge in [0, 0.05) is 18.6 Å². The Balaban J connectivity index is 1.93. The monoisotopic (exact) mass is 239 g/mol. The molecular formula is C12H9N5O.